The third-order valence-electron chi connectivity index (χ3n) is 1.75. The normalized spacial score (nSPS) is 10.2. The predicted molar refractivity (Wildman–Crippen MR) is 44.6 cm³/mol. The van der Waals surface area contributed by atoms with Gasteiger partial charge in [-0.1, -0.05) is 6.92 Å². The fraction of sp³-hybridized carbons (Fsp3) is 0.250. The highest BCUT2D eigenvalue weighted by Crippen LogP contribution is 2.25. The molecule has 0 aromatic heterocycles. The predicted octanol–water partition coefficient (Wildman–Crippen LogP) is 1.69. The van der Waals surface area contributed by atoms with Crippen LogP contribution in [0.4, 0.5) is 20.2 Å². The molecule has 0 aliphatic carbocycles. The van der Waals surface area contributed by atoms with Gasteiger partial charge in [-0.05, 0) is 6.42 Å². The summed E-state index contributed by atoms with van der Waals surface area (Å²) in [6, 6.07) is 0.893. The van der Waals surface area contributed by atoms with E-state index in [4.69, 9.17) is 11.5 Å². The average Bonchev–Trinajstić information content (AvgIpc) is 2.02. The summed E-state index contributed by atoms with van der Waals surface area (Å²) in [5.41, 5.74) is 11.1. The molecule has 0 saturated heterocycles. The van der Waals surface area contributed by atoms with Crippen molar-refractivity contribution in [1.82, 2.24) is 0 Å². The lowest BCUT2D eigenvalue weighted by molar-refractivity contribution is 0.501. The van der Waals surface area contributed by atoms with Crippen molar-refractivity contribution >= 4 is 11.4 Å². The van der Waals surface area contributed by atoms with E-state index in [1.54, 1.807) is 6.92 Å². The maximum atomic E-state index is 12.9. The van der Waals surface area contributed by atoms with E-state index in [1.165, 1.54) is 0 Å². The van der Waals surface area contributed by atoms with Crippen LogP contribution in [0.2, 0.25) is 0 Å². The van der Waals surface area contributed by atoms with Crippen molar-refractivity contribution in [2.45, 2.75) is 13.3 Å². The van der Waals surface area contributed by atoms with Gasteiger partial charge in [-0.3, -0.25) is 0 Å². The largest absolute Gasteiger partial charge is 0.397 e. The first kappa shape index (κ1) is 8.77. The Bertz CT molecular complexity index is 284. The molecule has 0 radical (unpaired) electrons. The Hall–Kier alpha value is -1.32. The highest BCUT2D eigenvalue weighted by Gasteiger charge is 2.12. The van der Waals surface area contributed by atoms with Gasteiger partial charge in [0.2, 0.25) is 0 Å². The Kier molecular flexibility index (Phi) is 2.17. The van der Waals surface area contributed by atoms with Crippen LogP contribution in [-0.2, 0) is 6.42 Å². The fourth-order valence-corrected chi connectivity index (χ4v) is 1.06. The van der Waals surface area contributed by atoms with E-state index in [2.05, 4.69) is 0 Å². The van der Waals surface area contributed by atoms with Gasteiger partial charge in [-0.25, -0.2) is 8.78 Å². The summed E-state index contributed by atoms with van der Waals surface area (Å²) in [7, 11) is 0. The van der Waals surface area contributed by atoms with Crippen LogP contribution in [0.3, 0.4) is 0 Å². The smallest absolute Gasteiger partial charge is 0.164 e. The quantitative estimate of drug-likeness (QED) is 0.633. The molecule has 1 aromatic rings. The number of hydrogen-bond donors (Lipinski definition) is 2. The van der Waals surface area contributed by atoms with E-state index in [-0.39, 0.29) is 16.9 Å². The third-order valence-corrected chi connectivity index (χ3v) is 1.75. The summed E-state index contributed by atoms with van der Waals surface area (Å²) in [4.78, 5) is 0. The van der Waals surface area contributed by atoms with Crippen LogP contribution in [0.25, 0.3) is 0 Å². The molecule has 0 aliphatic heterocycles. The summed E-state index contributed by atoms with van der Waals surface area (Å²) < 4.78 is 25.6. The second-order valence-corrected chi connectivity index (χ2v) is 2.51. The Morgan fingerprint density at radius 1 is 1.33 bits per heavy atom. The van der Waals surface area contributed by atoms with Gasteiger partial charge in [0, 0.05) is 11.6 Å². The average molecular weight is 172 g/mol. The van der Waals surface area contributed by atoms with E-state index >= 15 is 0 Å². The second-order valence-electron chi connectivity index (χ2n) is 2.51. The highest BCUT2D eigenvalue weighted by atomic mass is 19.2. The lowest BCUT2D eigenvalue weighted by Crippen LogP contribution is -2.04. The molecule has 4 heteroatoms. The van der Waals surface area contributed by atoms with Crippen LogP contribution in [0.15, 0.2) is 6.07 Å². The van der Waals surface area contributed by atoms with Crippen molar-refractivity contribution in [3.63, 3.8) is 0 Å². The molecule has 1 rings (SSSR count). The maximum Gasteiger partial charge on any atom is 0.164 e. The van der Waals surface area contributed by atoms with Crippen molar-refractivity contribution in [2.75, 3.05) is 11.5 Å². The lowest BCUT2D eigenvalue weighted by atomic mass is 10.1. The zero-order valence-electron chi connectivity index (χ0n) is 6.70. The zero-order valence-corrected chi connectivity index (χ0v) is 6.70. The first-order valence-electron chi connectivity index (χ1n) is 3.59. The van der Waals surface area contributed by atoms with Crippen molar-refractivity contribution in [3.8, 4) is 0 Å². The van der Waals surface area contributed by atoms with E-state index in [0.717, 1.165) is 6.07 Å². The third kappa shape index (κ3) is 1.20. The number of benzene rings is 1. The van der Waals surface area contributed by atoms with Crippen LogP contribution in [0.5, 0.6) is 0 Å². The molecule has 0 heterocycles. The molecule has 0 amide bonds. The van der Waals surface area contributed by atoms with Crippen molar-refractivity contribution in [2.24, 2.45) is 0 Å². The minimum Gasteiger partial charge on any atom is -0.397 e. The van der Waals surface area contributed by atoms with Crippen molar-refractivity contribution in [3.05, 3.63) is 23.3 Å². The van der Waals surface area contributed by atoms with Gasteiger partial charge in [-0.2, -0.15) is 0 Å². The summed E-state index contributed by atoms with van der Waals surface area (Å²) in [6.07, 6.45) is 0.333. The summed E-state index contributed by atoms with van der Waals surface area (Å²) in [5.74, 6) is -1.84. The number of nitrogens with two attached hydrogens (primary N) is 2. The minimum absolute atomic E-state index is 0.0887. The molecule has 2 nitrogen and oxygen atoms in total. The zero-order chi connectivity index (χ0) is 9.30. The Morgan fingerprint density at radius 3 is 2.42 bits per heavy atom. The first-order chi connectivity index (χ1) is 5.57. The second kappa shape index (κ2) is 2.97. The Morgan fingerprint density at radius 2 is 1.92 bits per heavy atom. The van der Waals surface area contributed by atoms with Crippen LogP contribution in [0.1, 0.15) is 12.5 Å². The molecule has 4 N–H and O–H groups in total. The van der Waals surface area contributed by atoms with Crippen LogP contribution in [0, 0.1) is 11.6 Å². The van der Waals surface area contributed by atoms with Gasteiger partial charge in [0.05, 0.1) is 11.4 Å². The van der Waals surface area contributed by atoms with Gasteiger partial charge in [-0.15, -0.1) is 0 Å². The topological polar surface area (TPSA) is 52.0 Å². The van der Waals surface area contributed by atoms with E-state index < -0.39 is 11.6 Å². The molecule has 1 aromatic carbocycles. The summed E-state index contributed by atoms with van der Waals surface area (Å²) in [5, 5.41) is 0. The van der Waals surface area contributed by atoms with Crippen molar-refractivity contribution in [1.29, 1.82) is 0 Å². The summed E-state index contributed by atoms with van der Waals surface area (Å²) in [6.45, 7) is 1.69. The molecule has 0 fully saturated rings. The molecule has 0 saturated carbocycles. The Balaban J connectivity index is 3.42. The van der Waals surface area contributed by atoms with Gasteiger partial charge < -0.3 is 11.5 Å². The highest BCUT2D eigenvalue weighted by molar-refractivity contribution is 5.67. The van der Waals surface area contributed by atoms with E-state index in [1.807, 2.05) is 0 Å². The number of anilines is 2. The SMILES string of the molecule is CCc1c(N)c(N)cc(F)c1F. The molecule has 0 unspecified atom stereocenters. The van der Waals surface area contributed by atoms with Gasteiger partial charge in [0.15, 0.2) is 11.6 Å². The first-order valence-corrected chi connectivity index (χ1v) is 3.59. The molecule has 12 heavy (non-hydrogen) atoms. The van der Waals surface area contributed by atoms with E-state index in [9.17, 15) is 8.78 Å². The minimum atomic E-state index is -0.946. The molecule has 0 atom stereocenters. The standard InChI is InChI=1S/C8H10F2N2/c1-2-4-7(10)5(9)3-6(11)8(4)12/h3H,2,11-12H2,1H3. The molecular weight excluding hydrogens is 162 g/mol. The number of rotatable bonds is 1. The fourth-order valence-electron chi connectivity index (χ4n) is 1.06. The van der Waals surface area contributed by atoms with Crippen LogP contribution >= 0.6 is 0 Å². The van der Waals surface area contributed by atoms with Gasteiger partial charge in [0.1, 0.15) is 0 Å². The molecule has 66 valence electrons. The monoisotopic (exact) mass is 172 g/mol. The van der Waals surface area contributed by atoms with Gasteiger partial charge >= 0.3 is 0 Å². The Labute approximate surface area is 69.2 Å². The molecular formula is C8H10F2N2. The summed E-state index contributed by atoms with van der Waals surface area (Å²) >= 11 is 0. The lowest BCUT2D eigenvalue weighted by Gasteiger charge is -2.07. The van der Waals surface area contributed by atoms with Crippen LogP contribution in [-0.4, -0.2) is 0 Å². The molecule has 0 bridgehead atoms. The van der Waals surface area contributed by atoms with Crippen molar-refractivity contribution < 1.29 is 8.78 Å². The molecule has 0 aliphatic rings. The number of halogens is 2. The molecule has 0 spiro atoms. The maximum absolute atomic E-state index is 12.9. The van der Waals surface area contributed by atoms with Crippen LogP contribution < -0.4 is 11.5 Å². The van der Waals surface area contributed by atoms with E-state index in [0.29, 0.717) is 6.42 Å². The number of hydrogen-bond acceptors (Lipinski definition) is 2. The van der Waals surface area contributed by atoms with Gasteiger partial charge in [0.25, 0.3) is 0 Å². The number of nitrogen functional groups attached to an aromatic ring is 2.